The molecule has 0 spiro atoms. The molecule has 2 aromatic heterocycles. The summed E-state index contributed by atoms with van der Waals surface area (Å²) >= 11 is 0. The molecule has 0 radical (unpaired) electrons. The van der Waals surface area contributed by atoms with Crippen LogP contribution in [0, 0.1) is 6.92 Å². The van der Waals surface area contributed by atoms with Crippen molar-refractivity contribution in [2.24, 2.45) is 0 Å². The van der Waals surface area contributed by atoms with Crippen molar-refractivity contribution in [3.8, 4) is 0 Å². The number of alkyl halides is 6. The van der Waals surface area contributed by atoms with Gasteiger partial charge in [-0.1, -0.05) is 12.1 Å². The number of aliphatic hydroxyl groups is 2. The summed E-state index contributed by atoms with van der Waals surface area (Å²) in [5.41, 5.74) is -2.09. The summed E-state index contributed by atoms with van der Waals surface area (Å²) in [5.74, 6) is 0. The van der Waals surface area contributed by atoms with E-state index in [9.17, 15) is 36.6 Å². The fraction of sp³-hybridized carbons (Fsp3) is 0.333. The van der Waals surface area contributed by atoms with Crippen LogP contribution in [0.3, 0.4) is 0 Å². The van der Waals surface area contributed by atoms with E-state index in [0.29, 0.717) is 28.8 Å². The Kier molecular flexibility index (Phi) is 6.24. The lowest BCUT2D eigenvalue weighted by atomic mass is 9.94. The number of aliphatic hydroxyl groups excluding tert-OH is 2. The first-order valence-electron chi connectivity index (χ1n) is 9.22. The zero-order valence-electron chi connectivity index (χ0n) is 16.2. The molecule has 0 aliphatic carbocycles. The Morgan fingerprint density at radius 1 is 1.03 bits per heavy atom. The normalized spacial score (nSPS) is 13.6. The smallest absolute Gasteiger partial charge is 0.392 e. The highest BCUT2D eigenvalue weighted by Gasteiger charge is 2.38. The first kappa shape index (κ1) is 23.0. The highest BCUT2D eigenvalue weighted by molar-refractivity contribution is 5.86. The van der Waals surface area contributed by atoms with Crippen molar-refractivity contribution >= 4 is 10.9 Å². The average Bonchev–Trinajstić information content (AvgIpc) is 2.69. The summed E-state index contributed by atoms with van der Waals surface area (Å²) in [5, 5.41) is 19.9. The van der Waals surface area contributed by atoms with E-state index in [2.05, 4.69) is 9.97 Å². The zero-order valence-corrected chi connectivity index (χ0v) is 16.2. The fourth-order valence-corrected chi connectivity index (χ4v) is 3.50. The molecule has 4 nitrogen and oxygen atoms in total. The molecule has 2 heterocycles. The lowest BCUT2D eigenvalue weighted by Gasteiger charge is -2.19. The highest BCUT2D eigenvalue weighted by atomic mass is 19.4. The molecule has 10 heteroatoms. The molecule has 1 atom stereocenters. The van der Waals surface area contributed by atoms with Crippen molar-refractivity contribution in [2.75, 3.05) is 0 Å². The number of rotatable bonds is 5. The number of pyridine rings is 2. The molecule has 0 amide bonds. The summed E-state index contributed by atoms with van der Waals surface area (Å²) < 4.78 is 80.1. The van der Waals surface area contributed by atoms with E-state index in [-0.39, 0.29) is 30.4 Å². The second-order valence-electron chi connectivity index (χ2n) is 7.10. The molecular weight excluding hydrogens is 426 g/mol. The van der Waals surface area contributed by atoms with Gasteiger partial charge in [0, 0.05) is 17.8 Å². The van der Waals surface area contributed by atoms with Crippen LogP contribution in [0.25, 0.3) is 10.9 Å². The second-order valence-corrected chi connectivity index (χ2v) is 7.10. The second kappa shape index (κ2) is 8.43. The molecule has 0 aliphatic heterocycles. The predicted molar refractivity (Wildman–Crippen MR) is 99.9 cm³/mol. The SMILES string of the molecule is Cc1cncc(CO)c1CCC(O)c1cc(C(F)(F)F)nc2c(C(F)(F)F)cccc12. The average molecular weight is 444 g/mol. The third kappa shape index (κ3) is 4.80. The van der Waals surface area contributed by atoms with Gasteiger partial charge >= 0.3 is 12.4 Å². The van der Waals surface area contributed by atoms with Crippen molar-refractivity contribution in [2.45, 2.75) is 44.8 Å². The van der Waals surface area contributed by atoms with Crippen molar-refractivity contribution in [1.29, 1.82) is 0 Å². The Morgan fingerprint density at radius 2 is 1.74 bits per heavy atom. The van der Waals surface area contributed by atoms with Gasteiger partial charge in [0.2, 0.25) is 0 Å². The molecule has 1 unspecified atom stereocenters. The van der Waals surface area contributed by atoms with E-state index in [1.165, 1.54) is 12.3 Å². The number of para-hydroxylation sites is 1. The van der Waals surface area contributed by atoms with E-state index >= 15 is 0 Å². The maximum atomic E-state index is 13.4. The Morgan fingerprint density at radius 3 is 2.35 bits per heavy atom. The molecule has 3 rings (SSSR count). The number of benzene rings is 1. The van der Waals surface area contributed by atoms with E-state index in [0.717, 1.165) is 6.07 Å². The van der Waals surface area contributed by atoms with Crippen LogP contribution < -0.4 is 0 Å². The Labute approximate surface area is 173 Å². The van der Waals surface area contributed by atoms with Crippen molar-refractivity contribution < 1.29 is 36.6 Å². The molecular formula is C21H18F6N2O2. The summed E-state index contributed by atoms with van der Waals surface area (Å²) in [4.78, 5) is 7.17. The van der Waals surface area contributed by atoms with Crippen LogP contribution in [0.1, 0.15) is 46.0 Å². The minimum atomic E-state index is -4.99. The van der Waals surface area contributed by atoms with Crippen LogP contribution in [-0.2, 0) is 25.4 Å². The van der Waals surface area contributed by atoms with E-state index in [1.807, 2.05) is 0 Å². The van der Waals surface area contributed by atoms with Gasteiger partial charge < -0.3 is 10.2 Å². The van der Waals surface area contributed by atoms with Crippen LogP contribution in [-0.4, -0.2) is 20.2 Å². The molecule has 0 aliphatic rings. The third-order valence-electron chi connectivity index (χ3n) is 5.03. The van der Waals surface area contributed by atoms with Gasteiger partial charge in [0.25, 0.3) is 0 Å². The number of hydrogen-bond donors (Lipinski definition) is 2. The summed E-state index contributed by atoms with van der Waals surface area (Å²) in [6.07, 6.45) is -8.32. The van der Waals surface area contributed by atoms with E-state index in [1.54, 1.807) is 13.1 Å². The van der Waals surface area contributed by atoms with Crippen LogP contribution in [0.2, 0.25) is 0 Å². The Balaban J connectivity index is 2.08. The predicted octanol–water partition coefficient (Wildman–Crippen LogP) is 5.13. The van der Waals surface area contributed by atoms with Crippen LogP contribution >= 0.6 is 0 Å². The van der Waals surface area contributed by atoms with Crippen molar-refractivity contribution in [3.63, 3.8) is 0 Å². The van der Waals surface area contributed by atoms with E-state index < -0.39 is 35.2 Å². The van der Waals surface area contributed by atoms with Crippen LogP contribution in [0.5, 0.6) is 0 Å². The molecule has 2 N–H and O–H groups in total. The standard InChI is InChI=1S/C21H18F6N2O2/c1-11-8-28-9-12(10-30)13(11)5-6-17(31)15-7-18(21(25,26)27)29-19-14(15)3-2-4-16(19)20(22,23)24/h2-4,7-9,17,30-31H,5-6,10H2,1H3. The molecule has 0 bridgehead atoms. The summed E-state index contributed by atoms with van der Waals surface area (Å²) in [6.45, 7) is 1.42. The Bertz CT molecular complexity index is 1100. The van der Waals surface area contributed by atoms with Gasteiger partial charge in [0.05, 0.1) is 23.8 Å². The lowest BCUT2D eigenvalue weighted by Crippen LogP contribution is -2.14. The molecule has 0 saturated carbocycles. The molecule has 1 aromatic carbocycles. The number of fused-ring (bicyclic) bond motifs is 1. The Hall–Kier alpha value is -2.72. The first-order chi connectivity index (χ1) is 14.4. The van der Waals surface area contributed by atoms with Gasteiger partial charge in [-0.15, -0.1) is 0 Å². The van der Waals surface area contributed by atoms with Gasteiger partial charge in [0.1, 0.15) is 5.69 Å². The first-order valence-corrected chi connectivity index (χ1v) is 9.22. The van der Waals surface area contributed by atoms with Gasteiger partial charge in [0.15, 0.2) is 0 Å². The van der Waals surface area contributed by atoms with Crippen molar-refractivity contribution in [3.05, 3.63) is 70.2 Å². The topological polar surface area (TPSA) is 66.2 Å². The number of aromatic nitrogens is 2. The lowest BCUT2D eigenvalue weighted by molar-refractivity contribution is -0.142. The highest BCUT2D eigenvalue weighted by Crippen LogP contribution is 2.39. The number of halogens is 6. The molecule has 31 heavy (non-hydrogen) atoms. The summed E-state index contributed by atoms with van der Waals surface area (Å²) in [6, 6.07) is 3.50. The maximum absolute atomic E-state index is 13.4. The van der Waals surface area contributed by atoms with E-state index in [4.69, 9.17) is 0 Å². The summed E-state index contributed by atoms with van der Waals surface area (Å²) in [7, 11) is 0. The largest absolute Gasteiger partial charge is 0.433 e. The zero-order chi connectivity index (χ0) is 23.0. The monoisotopic (exact) mass is 444 g/mol. The minimum absolute atomic E-state index is 0.0789. The fourth-order valence-electron chi connectivity index (χ4n) is 3.50. The quantitative estimate of drug-likeness (QED) is 0.536. The van der Waals surface area contributed by atoms with Crippen LogP contribution in [0.4, 0.5) is 26.3 Å². The van der Waals surface area contributed by atoms with Gasteiger partial charge in [-0.3, -0.25) is 4.98 Å². The number of nitrogens with zero attached hydrogens (tertiary/aromatic N) is 2. The molecule has 166 valence electrons. The number of aryl methyl sites for hydroxylation is 1. The molecule has 0 saturated heterocycles. The third-order valence-corrected chi connectivity index (χ3v) is 5.03. The maximum Gasteiger partial charge on any atom is 0.433 e. The minimum Gasteiger partial charge on any atom is -0.392 e. The van der Waals surface area contributed by atoms with Crippen molar-refractivity contribution in [1.82, 2.24) is 9.97 Å². The molecule has 0 fully saturated rings. The van der Waals surface area contributed by atoms with Gasteiger partial charge in [-0.05, 0) is 54.2 Å². The van der Waals surface area contributed by atoms with Gasteiger partial charge in [-0.25, -0.2) is 4.98 Å². The van der Waals surface area contributed by atoms with Crippen LogP contribution in [0.15, 0.2) is 36.7 Å². The molecule has 3 aromatic rings. The van der Waals surface area contributed by atoms with Gasteiger partial charge in [-0.2, -0.15) is 26.3 Å². The number of hydrogen-bond acceptors (Lipinski definition) is 4.